The SMILES string of the molecule is C=CCSCCn1c(=S)[nH]c2cc(Br)c(F)cc21. The van der Waals surface area contributed by atoms with E-state index in [-0.39, 0.29) is 5.82 Å². The number of aromatic nitrogens is 2. The van der Waals surface area contributed by atoms with Gasteiger partial charge in [-0.05, 0) is 34.2 Å². The van der Waals surface area contributed by atoms with Crippen molar-refractivity contribution in [1.29, 1.82) is 0 Å². The fourth-order valence-electron chi connectivity index (χ4n) is 1.70. The Labute approximate surface area is 122 Å². The summed E-state index contributed by atoms with van der Waals surface area (Å²) in [5, 5.41) is 0. The molecule has 0 aliphatic heterocycles. The van der Waals surface area contributed by atoms with Crippen molar-refractivity contribution in [2.75, 3.05) is 11.5 Å². The Bertz CT molecular complexity index is 633. The molecular formula is C12H12BrFN2S2. The lowest BCUT2D eigenvalue weighted by atomic mass is 10.3. The topological polar surface area (TPSA) is 20.7 Å². The van der Waals surface area contributed by atoms with Gasteiger partial charge in [0.2, 0.25) is 0 Å². The first kappa shape index (κ1) is 13.8. The second-order valence-electron chi connectivity index (χ2n) is 3.73. The number of aryl methyl sites for hydroxylation is 1. The zero-order chi connectivity index (χ0) is 13.1. The van der Waals surface area contributed by atoms with Crippen LogP contribution in [0.5, 0.6) is 0 Å². The number of benzene rings is 1. The van der Waals surface area contributed by atoms with Crippen molar-refractivity contribution in [3.05, 3.63) is 39.8 Å². The van der Waals surface area contributed by atoms with E-state index >= 15 is 0 Å². The van der Waals surface area contributed by atoms with E-state index < -0.39 is 0 Å². The predicted molar refractivity (Wildman–Crippen MR) is 82.3 cm³/mol. The van der Waals surface area contributed by atoms with E-state index in [0.29, 0.717) is 9.24 Å². The summed E-state index contributed by atoms with van der Waals surface area (Å²) in [7, 11) is 0. The van der Waals surface area contributed by atoms with Crippen LogP contribution >= 0.6 is 39.9 Å². The second-order valence-corrected chi connectivity index (χ2v) is 6.12. The van der Waals surface area contributed by atoms with Crippen LogP contribution in [0.4, 0.5) is 4.39 Å². The summed E-state index contributed by atoms with van der Waals surface area (Å²) in [5.74, 6) is 1.56. The Morgan fingerprint density at radius 2 is 2.33 bits per heavy atom. The van der Waals surface area contributed by atoms with E-state index in [1.807, 2.05) is 10.6 Å². The average Bonchev–Trinajstić information content (AvgIpc) is 2.62. The number of aromatic amines is 1. The fraction of sp³-hybridized carbons (Fsp3) is 0.250. The lowest BCUT2D eigenvalue weighted by Gasteiger charge is -2.04. The summed E-state index contributed by atoms with van der Waals surface area (Å²) in [6.07, 6.45) is 1.87. The van der Waals surface area contributed by atoms with Crippen LogP contribution in [0, 0.1) is 10.6 Å². The minimum atomic E-state index is -0.274. The van der Waals surface area contributed by atoms with Crippen molar-refractivity contribution in [1.82, 2.24) is 9.55 Å². The Kier molecular flexibility index (Phi) is 4.64. The normalized spacial score (nSPS) is 11.0. The van der Waals surface area contributed by atoms with Gasteiger partial charge in [-0.15, -0.1) is 6.58 Å². The van der Waals surface area contributed by atoms with Gasteiger partial charge in [0.1, 0.15) is 5.82 Å². The first-order valence-electron chi connectivity index (χ1n) is 5.39. The standard InChI is InChI=1S/C12H12BrFN2S2/c1-2-4-18-5-3-16-11-7-9(14)8(13)6-10(11)15-12(16)17/h2,6-7H,1,3-5H2,(H,15,17). The Morgan fingerprint density at radius 1 is 1.56 bits per heavy atom. The van der Waals surface area contributed by atoms with Gasteiger partial charge in [-0.2, -0.15) is 11.8 Å². The number of hydrogen-bond donors (Lipinski definition) is 1. The number of nitrogens with zero attached hydrogens (tertiary/aromatic N) is 1. The number of hydrogen-bond acceptors (Lipinski definition) is 2. The molecule has 1 aromatic carbocycles. The molecule has 0 fully saturated rings. The van der Waals surface area contributed by atoms with E-state index in [0.717, 1.165) is 29.1 Å². The van der Waals surface area contributed by atoms with Crippen LogP contribution < -0.4 is 0 Å². The second kappa shape index (κ2) is 6.04. The average molecular weight is 347 g/mol. The number of rotatable bonds is 5. The van der Waals surface area contributed by atoms with Gasteiger partial charge in [0.15, 0.2) is 4.77 Å². The summed E-state index contributed by atoms with van der Waals surface area (Å²) in [5.41, 5.74) is 1.65. The molecule has 6 heteroatoms. The van der Waals surface area contributed by atoms with Gasteiger partial charge >= 0.3 is 0 Å². The summed E-state index contributed by atoms with van der Waals surface area (Å²) in [4.78, 5) is 3.09. The van der Waals surface area contributed by atoms with Crippen LogP contribution in [0.15, 0.2) is 29.3 Å². The van der Waals surface area contributed by atoms with E-state index in [4.69, 9.17) is 12.2 Å². The molecule has 0 atom stereocenters. The molecule has 2 rings (SSSR count). The van der Waals surface area contributed by atoms with Crippen molar-refractivity contribution in [3.8, 4) is 0 Å². The highest BCUT2D eigenvalue weighted by Gasteiger charge is 2.08. The first-order valence-corrected chi connectivity index (χ1v) is 7.75. The maximum atomic E-state index is 13.6. The third kappa shape index (κ3) is 2.87. The minimum Gasteiger partial charge on any atom is -0.331 e. The van der Waals surface area contributed by atoms with E-state index in [9.17, 15) is 4.39 Å². The molecule has 1 aromatic heterocycles. The van der Waals surface area contributed by atoms with Crippen molar-refractivity contribution in [2.24, 2.45) is 0 Å². The third-order valence-corrected chi connectivity index (χ3v) is 4.38. The van der Waals surface area contributed by atoms with Gasteiger partial charge in [0, 0.05) is 24.1 Å². The van der Waals surface area contributed by atoms with Crippen LogP contribution in [-0.4, -0.2) is 21.1 Å². The van der Waals surface area contributed by atoms with Gasteiger partial charge in [-0.1, -0.05) is 6.08 Å². The molecule has 0 saturated heterocycles. The quantitative estimate of drug-likeness (QED) is 0.488. The summed E-state index contributed by atoms with van der Waals surface area (Å²) in [6.45, 7) is 4.44. The number of fused-ring (bicyclic) bond motifs is 1. The number of H-pyrrole nitrogens is 1. The number of halogens is 2. The molecule has 1 heterocycles. The van der Waals surface area contributed by atoms with Crippen molar-refractivity contribution >= 4 is 50.9 Å². The minimum absolute atomic E-state index is 0.274. The molecule has 0 aliphatic rings. The van der Waals surface area contributed by atoms with Gasteiger partial charge in [0.25, 0.3) is 0 Å². The Hall–Kier alpha value is -0.590. The number of nitrogens with one attached hydrogen (secondary N) is 1. The van der Waals surface area contributed by atoms with Crippen LogP contribution in [0.1, 0.15) is 0 Å². The number of thioether (sulfide) groups is 1. The molecular weight excluding hydrogens is 335 g/mol. The highest BCUT2D eigenvalue weighted by molar-refractivity contribution is 9.10. The summed E-state index contributed by atoms with van der Waals surface area (Å²) >= 11 is 10.2. The van der Waals surface area contributed by atoms with Gasteiger partial charge in [0.05, 0.1) is 15.5 Å². The summed E-state index contributed by atoms with van der Waals surface area (Å²) < 4.78 is 16.6. The maximum absolute atomic E-state index is 13.6. The molecule has 0 amide bonds. The smallest absolute Gasteiger partial charge is 0.178 e. The maximum Gasteiger partial charge on any atom is 0.178 e. The highest BCUT2D eigenvalue weighted by atomic mass is 79.9. The molecule has 18 heavy (non-hydrogen) atoms. The van der Waals surface area contributed by atoms with Crippen molar-refractivity contribution in [2.45, 2.75) is 6.54 Å². The Balaban J connectivity index is 2.32. The van der Waals surface area contributed by atoms with E-state index in [2.05, 4.69) is 27.5 Å². The predicted octanol–water partition coefficient (Wildman–Crippen LogP) is 4.52. The molecule has 0 unspecified atom stereocenters. The van der Waals surface area contributed by atoms with Crippen molar-refractivity contribution in [3.63, 3.8) is 0 Å². The molecule has 96 valence electrons. The third-order valence-electron chi connectivity index (χ3n) is 2.51. The molecule has 2 nitrogen and oxygen atoms in total. The lowest BCUT2D eigenvalue weighted by Crippen LogP contribution is -2.00. The molecule has 0 radical (unpaired) electrons. The van der Waals surface area contributed by atoms with E-state index in [1.54, 1.807) is 17.8 Å². The van der Waals surface area contributed by atoms with E-state index in [1.165, 1.54) is 6.07 Å². The van der Waals surface area contributed by atoms with Gasteiger partial charge in [-0.3, -0.25) is 0 Å². The zero-order valence-corrected chi connectivity index (χ0v) is 12.8. The monoisotopic (exact) mass is 346 g/mol. The fourth-order valence-corrected chi connectivity index (χ4v) is 2.98. The first-order chi connectivity index (χ1) is 8.63. The van der Waals surface area contributed by atoms with Gasteiger partial charge < -0.3 is 9.55 Å². The van der Waals surface area contributed by atoms with Crippen LogP contribution in [0.2, 0.25) is 0 Å². The van der Waals surface area contributed by atoms with Crippen LogP contribution in [0.25, 0.3) is 11.0 Å². The van der Waals surface area contributed by atoms with Crippen LogP contribution in [0.3, 0.4) is 0 Å². The molecule has 0 aliphatic carbocycles. The molecule has 2 aromatic rings. The number of imidazole rings is 1. The molecule has 0 bridgehead atoms. The highest BCUT2D eigenvalue weighted by Crippen LogP contribution is 2.23. The van der Waals surface area contributed by atoms with Crippen molar-refractivity contribution < 1.29 is 4.39 Å². The molecule has 0 spiro atoms. The molecule has 0 saturated carbocycles. The van der Waals surface area contributed by atoms with Gasteiger partial charge in [-0.25, -0.2) is 4.39 Å². The zero-order valence-electron chi connectivity index (χ0n) is 9.58. The lowest BCUT2D eigenvalue weighted by molar-refractivity contribution is 0.621. The van der Waals surface area contributed by atoms with Crippen LogP contribution in [-0.2, 0) is 6.54 Å². The summed E-state index contributed by atoms with van der Waals surface area (Å²) in [6, 6.07) is 3.22. The largest absolute Gasteiger partial charge is 0.331 e. The Morgan fingerprint density at radius 3 is 3.06 bits per heavy atom. The molecule has 1 N–H and O–H groups in total.